The van der Waals surface area contributed by atoms with E-state index in [1.807, 2.05) is 49.1 Å². The van der Waals surface area contributed by atoms with Gasteiger partial charge in [-0.15, -0.1) is 0 Å². The lowest BCUT2D eigenvalue weighted by Gasteiger charge is -2.32. The number of furan rings is 1. The first-order valence-electron chi connectivity index (χ1n) is 8.89. The standard InChI is InChI=1S/C20H26N2O3/c1-14-8-10-25-19(14)15(2)21-18-7-3-6-17(11-18)20(24)22-9-4-5-16(12-22)13-23/h3,6-8,10-11,15-16,21,23H,4-5,9,12-13H2,1-2H3. The second kappa shape index (κ2) is 7.74. The predicted octanol–water partition coefficient (Wildman–Crippen LogP) is 3.61. The maximum absolute atomic E-state index is 12.8. The fraction of sp³-hybridized carbons (Fsp3) is 0.450. The minimum absolute atomic E-state index is 0.0223. The molecule has 0 bridgehead atoms. The zero-order valence-electron chi connectivity index (χ0n) is 14.9. The molecule has 1 aliphatic rings. The summed E-state index contributed by atoms with van der Waals surface area (Å²) < 4.78 is 5.53. The van der Waals surface area contributed by atoms with Crippen LogP contribution < -0.4 is 5.32 Å². The van der Waals surface area contributed by atoms with E-state index in [0.717, 1.165) is 36.4 Å². The normalized spacial score (nSPS) is 18.8. The van der Waals surface area contributed by atoms with E-state index in [2.05, 4.69) is 5.32 Å². The Morgan fingerprint density at radius 2 is 2.28 bits per heavy atom. The number of carbonyl (C=O) groups excluding carboxylic acids is 1. The Labute approximate surface area is 148 Å². The van der Waals surface area contributed by atoms with Crippen LogP contribution >= 0.6 is 0 Å². The second-order valence-electron chi connectivity index (χ2n) is 6.86. The van der Waals surface area contributed by atoms with Gasteiger partial charge in [0.05, 0.1) is 12.3 Å². The summed E-state index contributed by atoms with van der Waals surface area (Å²) in [6, 6.07) is 9.55. The molecular weight excluding hydrogens is 316 g/mol. The molecule has 1 aromatic carbocycles. The topological polar surface area (TPSA) is 65.7 Å². The van der Waals surface area contributed by atoms with Crippen molar-refractivity contribution in [1.82, 2.24) is 4.90 Å². The van der Waals surface area contributed by atoms with Gasteiger partial charge >= 0.3 is 0 Å². The summed E-state index contributed by atoms with van der Waals surface area (Å²) in [5.41, 5.74) is 2.67. The van der Waals surface area contributed by atoms with Crippen LogP contribution in [-0.4, -0.2) is 35.6 Å². The molecule has 1 fully saturated rings. The largest absolute Gasteiger partial charge is 0.467 e. The molecule has 0 aliphatic carbocycles. The summed E-state index contributed by atoms with van der Waals surface area (Å²) >= 11 is 0. The molecule has 2 atom stereocenters. The van der Waals surface area contributed by atoms with E-state index in [1.165, 1.54) is 0 Å². The summed E-state index contributed by atoms with van der Waals surface area (Å²) in [5.74, 6) is 1.13. The minimum Gasteiger partial charge on any atom is -0.467 e. The molecule has 134 valence electrons. The van der Waals surface area contributed by atoms with E-state index in [1.54, 1.807) is 6.26 Å². The molecule has 1 saturated heterocycles. The third-order valence-electron chi connectivity index (χ3n) is 4.85. The Hall–Kier alpha value is -2.27. The Morgan fingerprint density at radius 1 is 1.44 bits per heavy atom. The number of nitrogens with one attached hydrogen (secondary N) is 1. The van der Waals surface area contributed by atoms with Crippen LogP contribution in [-0.2, 0) is 0 Å². The van der Waals surface area contributed by atoms with Crippen LogP contribution in [0, 0.1) is 12.8 Å². The molecule has 0 radical (unpaired) electrons. The van der Waals surface area contributed by atoms with Crippen LogP contribution in [0.1, 0.15) is 47.5 Å². The van der Waals surface area contributed by atoms with Crippen LogP contribution in [0.15, 0.2) is 41.0 Å². The van der Waals surface area contributed by atoms with E-state index < -0.39 is 0 Å². The van der Waals surface area contributed by atoms with Crippen LogP contribution in [0.5, 0.6) is 0 Å². The average Bonchev–Trinajstić information content (AvgIpc) is 3.07. The second-order valence-corrected chi connectivity index (χ2v) is 6.86. The summed E-state index contributed by atoms with van der Waals surface area (Å²) in [6.07, 6.45) is 3.63. The van der Waals surface area contributed by atoms with E-state index in [9.17, 15) is 9.90 Å². The highest BCUT2D eigenvalue weighted by Crippen LogP contribution is 2.24. The van der Waals surface area contributed by atoms with Crippen molar-refractivity contribution < 1.29 is 14.3 Å². The number of hydrogen-bond donors (Lipinski definition) is 2. The first-order valence-corrected chi connectivity index (χ1v) is 8.89. The molecule has 2 aromatic rings. The van der Waals surface area contributed by atoms with E-state index >= 15 is 0 Å². The fourth-order valence-corrected chi connectivity index (χ4v) is 3.47. The van der Waals surface area contributed by atoms with Gasteiger partial charge in [-0.2, -0.15) is 0 Å². The van der Waals surface area contributed by atoms with Gasteiger partial charge in [0.2, 0.25) is 0 Å². The van der Waals surface area contributed by atoms with Gasteiger partial charge in [-0.3, -0.25) is 4.79 Å². The van der Waals surface area contributed by atoms with Crippen LogP contribution in [0.3, 0.4) is 0 Å². The van der Waals surface area contributed by atoms with Crippen molar-refractivity contribution in [2.24, 2.45) is 5.92 Å². The third-order valence-corrected chi connectivity index (χ3v) is 4.85. The molecule has 1 aliphatic heterocycles. The van der Waals surface area contributed by atoms with Crippen LogP contribution in [0.4, 0.5) is 5.69 Å². The lowest BCUT2D eigenvalue weighted by atomic mass is 9.98. The molecule has 2 N–H and O–H groups in total. The minimum atomic E-state index is 0.0223. The maximum atomic E-state index is 12.8. The smallest absolute Gasteiger partial charge is 0.253 e. The number of carbonyl (C=O) groups is 1. The molecule has 0 saturated carbocycles. The van der Waals surface area contributed by atoms with Crippen molar-refractivity contribution >= 4 is 11.6 Å². The van der Waals surface area contributed by atoms with Gasteiger partial charge in [-0.05, 0) is 62.4 Å². The first kappa shape index (κ1) is 17.5. The van der Waals surface area contributed by atoms with E-state index in [-0.39, 0.29) is 24.5 Å². The van der Waals surface area contributed by atoms with Crippen LogP contribution in [0.2, 0.25) is 0 Å². The molecular formula is C20H26N2O3. The van der Waals surface area contributed by atoms with Gasteiger partial charge in [0.1, 0.15) is 5.76 Å². The summed E-state index contributed by atoms with van der Waals surface area (Å²) in [6.45, 7) is 5.59. The van der Waals surface area contributed by atoms with Crippen molar-refractivity contribution in [2.75, 3.05) is 25.0 Å². The molecule has 2 unspecified atom stereocenters. The number of aliphatic hydroxyl groups excluding tert-OH is 1. The average molecular weight is 342 g/mol. The number of likely N-dealkylation sites (tertiary alicyclic amines) is 1. The van der Waals surface area contributed by atoms with Gasteiger partial charge in [-0.25, -0.2) is 0 Å². The Balaban J connectivity index is 1.70. The molecule has 25 heavy (non-hydrogen) atoms. The molecule has 2 heterocycles. The number of amides is 1. The van der Waals surface area contributed by atoms with Crippen molar-refractivity contribution in [3.05, 3.63) is 53.5 Å². The molecule has 3 rings (SSSR count). The maximum Gasteiger partial charge on any atom is 0.253 e. The van der Waals surface area contributed by atoms with Crippen molar-refractivity contribution in [3.8, 4) is 0 Å². The molecule has 1 aromatic heterocycles. The Kier molecular flexibility index (Phi) is 5.43. The van der Waals surface area contributed by atoms with Crippen molar-refractivity contribution in [1.29, 1.82) is 0 Å². The zero-order valence-corrected chi connectivity index (χ0v) is 14.9. The number of benzene rings is 1. The monoisotopic (exact) mass is 342 g/mol. The summed E-state index contributed by atoms with van der Waals surface area (Å²) in [7, 11) is 0. The van der Waals surface area contributed by atoms with E-state index in [0.29, 0.717) is 12.1 Å². The number of nitrogens with zero attached hydrogens (tertiary/aromatic N) is 1. The number of aliphatic hydroxyl groups is 1. The Bertz CT molecular complexity index is 725. The van der Waals surface area contributed by atoms with Gasteiger partial charge in [0.25, 0.3) is 5.91 Å². The highest BCUT2D eigenvalue weighted by atomic mass is 16.3. The van der Waals surface area contributed by atoms with Gasteiger partial charge in [0.15, 0.2) is 0 Å². The van der Waals surface area contributed by atoms with E-state index in [4.69, 9.17) is 4.42 Å². The quantitative estimate of drug-likeness (QED) is 0.871. The highest BCUT2D eigenvalue weighted by molar-refractivity contribution is 5.95. The lowest BCUT2D eigenvalue weighted by molar-refractivity contribution is 0.0621. The SMILES string of the molecule is Cc1ccoc1C(C)Nc1cccc(C(=O)N2CCCC(CO)C2)c1. The zero-order chi connectivity index (χ0) is 17.8. The van der Waals surface area contributed by atoms with Crippen molar-refractivity contribution in [2.45, 2.75) is 32.7 Å². The number of piperidine rings is 1. The molecule has 5 nitrogen and oxygen atoms in total. The molecule has 5 heteroatoms. The predicted molar refractivity (Wildman–Crippen MR) is 97.6 cm³/mol. The number of aryl methyl sites for hydroxylation is 1. The first-order chi connectivity index (χ1) is 12.1. The third kappa shape index (κ3) is 4.04. The fourth-order valence-electron chi connectivity index (χ4n) is 3.47. The van der Waals surface area contributed by atoms with Gasteiger partial charge < -0.3 is 19.7 Å². The van der Waals surface area contributed by atoms with Crippen LogP contribution in [0.25, 0.3) is 0 Å². The molecule has 1 amide bonds. The highest BCUT2D eigenvalue weighted by Gasteiger charge is 2.24. The lowest BCUT2D eigenvalue weighted by Crippen LogP contribution is -2.40. The number of rotatable bonds is 5. The molecule has 0 spiro atoms. The van der Waals surface area contributed by atoms with Gasteiger partial charge in [0, 0.05) is 30.9 Å². The summed E-state index contributed by atoms with van der Waals surface area (Å²) in [5, 5.41) is 12.8. The number of anilines is 1. The van der Waals surface area contributed by atoms with Crippen molar-refractivity contribution in [3.63, 3.8) is 0 Å². The Morgan fingerprint density at radius 3 is 3.00 bits per heavy atom. The number of hydrogen-bond acceptors (Lipinski definition) is 4. The summed E-state index contributed by atoms with van der Waals surface area (Å²) in [4.78, 5) is 14.6. The van der Waals surface area contributed by atoms with Gasteiger partial charge in [-0.1, -0.05) is 6.07 Å².